The standard InChI is InChI=1S/C28H26N2O4/c1-19-7-9-22-23(15-19)27(32)28(26(22)31,21-5-3-2-4-6-21)30-13-11-29(12-14-30)17-20-8-10-24-25(16-20)34-18-33-24/h2-10,15-16H,11-14,17-18H2,1H3. The fraction of sp³-hybridized carbons (Fsp3) is 0.286. The Kier molecular flexibility index (Phi) is 5.01. The molecule has 0 radical (unpaired) electrons. The lowest BCUT2D eigenvalue weighted by Gasteiger charge is -2.44. The van der Waals surface area contributed by atoms with Crippen LogP contribution in [0.25, 0.3) is 0 Å². The van der Waals surface area contributed by atoms with Crippen LogP contribution < -0.4 is 9.47 Å². The van der Waals surface area contributed by atoms with Gasteiger partial charge in [0.05, 0.1) is 0 Å². The Morgan fingerprint density at radius 2 is 1.53 bits per heavy atom. The number of aryl methyl sites for hydroxylation is 1. The van der Waals surface area contributed by atoms with Crippen LogP contribution in [0.1, 0.15) is 37.4 Å². The number of nitrogens with zero attached hydrogens (tertiary/aromatic N) is 2. The molecule has 6 rings (SSSR count). The summed E-state index contributed by atoms with van der Waals surface area (Å²) in [5.74, 6) is 1.36. The minimum atomic E-state index is -1.29. The molecular weight excluding hydrogens is 428 g/mol. The van der Waals surface area contributed by atoms with Crippen LogP contribution in [0.3, 0.4) is 0 Å². The van der Waals surface area contributed by atoms with Gasteiger partial charge in [-0.25, -0.2) is 0 Å². The molecule has 6 nitrogen and oxygen atoms in total. The molecule has 34 heavy (non-hydrogen) atoms. The van der Waals surface area contributed by atoms with E-state index in [9.17, 15) is 9.59 Å². The monoisotopic (exact) mass is 454 g/mol. The summed E-state index contributed by atoms with van der Waals surface area (Å²) in [7, 11) is 0. The van der Waals surface area contributed by atoms with Gasteiger partial charge in [-0.15, -0.1) is 0 Å². The number of rotatable bonds is 4. The average Bonchev–Trinajstić information content (AvgIpc) is 3.41. The zero-order chi connectivity index (χ0) is 23.3. The highest BCUT2D eigenvalue weighted by Crippen LogP contribution is 2.43. The van der Waals surface area contributed by atoms with E-state index in [1.54, 1.807) is 0 Å². The number of ketones is 2. The highest BCUT2D eigenvalue weighted by atomic mass is 16.7. The van der Waals surface area contributed by atoms with Crippen molar-refractivity contribution in [3.05, 3.63) is 94.5 Å². The first kappa shape index (κ1) is 21.1. The minimum Gasteiger partial charge on any atom is -0.454 e. The van der Waals surface area contributed by atoms with Crippen molar-refractivity contribution >= 4 is 11.6 Å². The highest BCUT2D eigenvalue weighted by Gasteiger charge is 2.58. The lowest BCUT2D eigenvalue weighted by Crippen LogP contribution is -2.60. The summed E-state index contributed by atoms with van der Waals surface area (Å²) in [6, 6.07) is 21.2. The Bertz CT molecular complexity index is 1280. The number of ether oxygens (including phenoxy) is 2. The summed E-state index contributed by atoms with van der Waals surface area (Å²) in [6.45, 7) is 5.79. The van der Waals surface area contributed by atoms with Crippen LogP contribution in [-0.4, -0.2) is 54.3 Å². The van der Waals surface area contributed by atoms with E-state index in [0.29, 0.717) is 24.2 Å². The molecular formula is C28H26N2O4. The molecule has 6 heteroatoms. The molecule has 1 aliphatic carbocycles. The molecule has 0 N–H and O–H groups in total. The van der Waals surface area contributed by atoms with Crippen molar-refractivity contribution in [2.24, 2.45) is 0 Å². The number of Topliss-reactive ketones (excluding diaryl/α,β-unsaturated/α-hetero) is 2. The van der Waals surface area contributed by atoms with E-state index in [-0.39, 0.29) is 18.4 Å². The second-order valence-corrected chi connectivity index (χ2v) is 9.23. The van der Waals surface area contributed by atoms with E-state index in [2.05, 4.69) is 15.9 Å². The van der Waals surface area contributed by atoms with E-state index >= 15 is 0 Å². The Hall–Kier alpha value is -3.48. The van der Waals surface area contributed by atoms with Crippen molar-refractivity contribution in [3.8, 4) is 11.5 Å². The SMILES string of the molecule is Cc1ccc2c(c1)C(=O)C(c1ccccc1)(N1CCN(Cc3ccc4c(c3)OCO4)CC1)C2=O. The third-order valence-corrected chi connectivity index (χ3v) is 7.20. The summed E-state index contributed by atoms with van der Waals surface area (Å²) < 4.78 is 10.9. The summed E-state index contributed by atoms with van der Waals surface area (Å²) in [4.78, 5) is 32.3. The molecule has 0 saturated carbocycles. The molecule has 172 valence electrons. The summed E-state index contributed by atoms with van der Waals surface area (Å²) in [5, 5.41) is 0. The Morgan fingerprint density at radius 1 is 0.794 bits per heavy atom. The molecule has 0 bridgehead atoms. The van der Waals surface area contributed by atoms with Crippen LogP contribution >= 0.6 is 0 Å². The van der Waals surface area contributed by atoms with Gasteiger partial charge in [0.1, 0.15) is 0 Å². The number of fused-ring (bicyclic) bond motifs is 2. The first-order valence-electron chi connectivity index (χ1n) is 11.7. The van der Waals surface area contributed by atoms with Gasteiger partial charge in [0, 0.05) is 43.9 Å². The molecule has 1 unspecified atom stereocenters. The largest absolute Gasteiger partial charge is 0.454 e. The van der Waals surface area contributed by atoms with Crippen molar-refractivity contribution in [1.29, 1.82) is 0 Å². The van der Waals surface area contributed by atoms with Crippen LogP contribution in [0.5, 0.6) is 11.5 Å². The maximum Gasteiger partial charge on any atom is 0.231 e. The van der Waals surface area contributed by atoms with Crippen molar-refractivity contribution in [2.45, 2.75) is 19.0 Å². The van der Waals surface area contributed by atoms with Crippen molar-refractivity contribution in [1.82, 2.24) is 9.80 Å². The molecule has 0 aromatic heterocycles. The Morgan fingerprint density at radius 3 is 2.32 bits per heavy atom. The molecule has 3 aliphatic rings. The first-order valence-corrected chi connectivity index (χ1v) is 11.7. The third kappa shape index (κ3) is 3.17. The maximum atomic E-state index is 14.0. The van der Waals surface area contributed by atoms with Gasteiger partial charge in [0.2, 0.25) is 6.79 Å². The van der Waals surface area contributed by atoms with Crippen molar-refractivity contribution in [2.75, 3.05) is 33.0 Å². The topological polar surface area (TPSA) is 59.1 Å². The molecule has 0 spiro atoms. The van der Waals surface area contributed by atoms with Gasteiger partial charge in [-0.3, -0.25) is 19.4 Å². The van der Waals surface area contributed by atoms with Gasteiger partial charge < -0.3 is 9.47 Å². The number of piperazine rings is 1. The summed E-state index contributed by atoms with van der Waals surface area (Å²) >= 11 is 0. The molecule has 2 aliphatic heterocycles. The summed E-state index contributed by atoms with van der Waals surface area (Å²) in [5.41, 5.74) is 2.67. The zero-order valence-electron chi connectivity index (χ0n) is 19.1. The van der Waals surface area contributed by atoms with E-state index in [4.69, 9.17) is 9.47 Å². The molecule has 3 aromatic carbocycles. The van der Waals surface area contributed by atoms with Crippen LogP contribution in [0.2, 0.25) is 0 Å². The van der Waals surface area contributed by atoms with Crippen LogP contribution in [-0.2, 0) is 12.1 Å². The maximum absolute atomic E-state index is 14.0. The van der Waals surface area contributed by atoms with E-state index < -0.39 is 5.54 Å². The Labute approximate surface area is 198 Å². The van der Waals surface area contributed by atoms with Gasteiger partial charge >= 0.3 is 0 Å². The normalized spacial score (nSPS) is 22.3. The Balaban J connectivity index is 1.28. The smallest absolute Gasteiger partial charge is 0.231 e. The van der Waals surface area contributed by atoms with E-state index in [0.717, 1.165) is 47.8 Å². The number of carbonyl (C=O) groups excluding carboxylic acids is 2. The zero-order valence-corrected chi connectivity index (χ0v) is 19.1. The molecule has 1 fully saturated rings. The molecule has 0 amide bonds. The minimum absolute atomic E-state index is 0.105. The lowest BCUT2D eigenvalue weighted by molar-refractivity contribution is 0.0279. The van der Waals surface area contributed by atoms with Gasteiger partial charge in [-0.2, -0.15) is 0 Å². The second kappa shape index (κ2) is 8.08. The number of carbonyl (C=O) groups is 2. The van der Waals surface area contributed by atoms with Gasteiger partial charge in [-0.1, -0.05) is 54.1 Å². The summed E-state index contributed by atoms with van der Waals surface area (Å²) in [6.07, 6.45) is 0. The first-order chi connectivity index (χ1) is 16.6. The predicted octanol–water partition coefficient (Wildman–Crippen LogP) is 3.82. The molecule has 3 aromatic rings. The third-order valence-electron chi connectivity index (χ3n) is 7.20. The number of hydrogen-bond donors (Lipinski definition) is 0. The second-order valence-electron chi connectivity index (χ2n) is 9.23. The predicted molar refractivity (Wildman–Crippen MR) is 127 cm³/mol. The number of hydrogen-bond acceptors (Lipinski definition) is 6. The van der Waals surface area contributed by atoms with Crippen LogP contribution in [0.15, 0.2) is 66.7 Å². The quantitative estimate of drug-likeness (QED) is 0.559. The highest BCUT2D eigenvalue weighted by molar-refractivity contribution is 6.32. The van der Waals surface area contributed by atoms with Gasteiger partial charge in [0.15, 0.2) is 28.6 Å². The van der Waals surface area contributed by atoms with Gasteiger partial charge in [-0.05, 0) is 36.2 Å². The van der Waals surface area contributed by atoms with Gasteiger partial charge in [0.25, 0.3) is 0 Å². The molecule has 2 heterocycles. The fourth-order valence-corrected chi connectivity index (χ4v) is 5.49. The van der Waals surface area contributed by atoms with E-state index in [1.807, 2.05) is 67.6 Å². The van der Waals surface area contributed by atoms with Crippen molar-refractivity contribution < 1.29 is 19.1 Å². The van der Waals surface area contributed by atoms with E-state index in [1.165, 1.54) is 0 Å². The lowest BCUT2D eigenvalue weighted by atomic mass is 9.82. The molecule has 1 atom stereocenters. The van der Waals surface area contributed by atoms with Crippen molar-refractivity contribution in [3.63, 3.8) is 0 Å². The van der Waals surface area contributed by atoms with Crippen LogP contribution in [0.4, 0.5) is 0 Å². The fourth-order valence-electron chi connectivity index (χ4n) is 5.49. The number of benzene rings is 3. The van der Waals surface area contributed by atoms with Crippen LogP contribution in [0, 0.1) is 6.92 Å². The average molecular weight is 455 g/mol. The molecule has 1 saturated heterocycles.